The van der Waals surface area contributed by atoms with Gasteiger partial charge in [-0.25, -0.2) is 26.5 Å². The number of aliphatic hydroxyl groups excluding tert-OH is 1. The maximum absolute atomic E-state index is 14.4. The molecule has 0 aliphatic carbocycles. The van der Waals surface area contributed by atoms with Gasteiger partial charge >= 0.3 is 0 Å². The van der Waals surface area contributed by atoms with Crippen molar-refractivity contribution in [1.29, 1.82) is 0 Å². The summed E-state index contributed by atoms with van der Waals surface area (Å²) >= 11 is 0. The van der Waals surface area contributed by atoms with Crippen molar-refractivity contribution in [3.63, 3.8) is 0 Å². The van der Waals surface area contributed by atoms with Crippen LogP contribution in [0.4, 0.5) is 20.5 Å². The number of aliphatic hydroxyl groups is 1. The molecule has 3 heterocycles. The highest BCUT2D eigenvalue weighted by Crippen LogP contribution is 2.38. The lowest BCUT2D eigenvalue weighted by molar-refractivity contribution is 0.122. The first-order chi connectivity index (χ1) is 15.9. The van der Waals surface area contributed by atoms with Crippen molar-refractivity contribution in [1.82, 2.24) is 9.97 Å². The smallest absolute Gasteiger partial charge is 0.268 e. The molecule has 0 bridgehead atoms. The summed E-state index contributed by atoms with van der Waals surface area (Å²) in [4.78, 5) is 10.6. The predicted molar refractivity (Wildman–Crippen MR) is 119 cm³/mol. The highest BCUT2D eigenvalue weighted by Gasteiger charge is 2.37. The van der Waals surface area contributed by atoms with Crippen LogP contribution in [0.2, 0.25) is 0 Å². The molecule has 1 fully saturated rings. The number of nitrogens with zero attached hydrogens (tertiary/aromatic N) is 4. The second-order valence-electron chi connectivity index (χ2n) is 7.68. The van der Waals surface area contributed by atoms with E-state index in [9.17, 15) is 22.3 Å². The second kappa shape index (κ2) is 9.44. The number of fused-ring (bicyclic) bond motifs is 1. The van der Waals surface area contributed by atoms with Crippen LogP contribution in [0.15, 0.2) is 48.1 Å². The van der Waals surface area contributed by atoms with E-state index < -0.39 is 26.6 Å². The zero-order valence-electron chi connectivity index (χ0n) is 17.8. The molecule has 11 heteroatoms. The Morgan fingerprint density at radius 2 is 1.97 bits per heavy atom. The van der Waals surface area contributed by atoms with Gasteiger partial charge in [0.2, 0.25) is 5.95 Å². The summed E-state index contributed by atoms with van der Waals surface area (Å²) in [6.07, 6.45) is 4.94. The Kier molecular flexibility index (Phi) is 6.61. The fourth-order valence-electron chi connectivity index (χ4n) is 4.06. The SMILES string of the molecule is C=CCC(/C=C/O)c1nc(N2CCOCC2)nc2c1CCN2S(=O)(=O)c1ccc(F)cc1F. The van der Waals surface area contributed by atoms with Crippen LogP contribution in [0.3, 0.4) is 0 Å². The average molecular weight is 479 g/mol. The highest BCUT2D eigenvalue weighted by atomic mass is 32.2. The minimum Gasteiger partial charge on any atom is -0.516 e. The molecule has 2 aliphatic heterocycles. The lowest BCUT2D eigenvalue weighted by Gasteiger charge is -2.29. The number of halogens is 2. The number of aromatic nitrogens is 2. The molecule has 1 unspecified atom stereocenters. The van der Waals surface area contributed by atoms with Gasteiger partial charge in [0.05, 0.1) is 25.2 Å². The number of sulfonamides is 1. The molecule has 1 N–H and O–H groups in total. The number of allylic oxidation sites excluding steroid dienone is 2. The summed E-state index contributed by atoms with van der Waals surface area (Å²) in [6, 6.07) is 2.36. The van der Waals surface area contributed by atoms with Gasteiger partial charge in [-0.2, -0.15) is 4.98 Å². The summed E-state index contributed by atoms with van der Waals surface area (Å²) in [5.41, 5.74) is 1.17. The Labute approximate surface area is 190 Å². The van der Waals surface area contributed by atoms with E-state index in [1.165, 1.54) is 0 Å². The van der Waals surface area contributed by atoms with Crippen LogP contribution in [0.5, 0.6) is 0 Å². The second-order valence-corrected chi connectivity index (χ2v) is 9.52. The Bertz CT molecular complexity index is 1180. The summed E-state index contributed by atoms with van der Waals surface area (Å²) in [5, 5.41) is 9.41. The number of anilines is 2. The van der Waals surface area contributed by atoms with Gasteiger partial charge in [0.15, 0.2) is 5.82 Å². The van der Waals surface area contributed by atoms with Crippen molar-refractivity contribution in [2.75, 3.05) is 42.1 Å². The third-order valence-electron chi connectivity index (χ3n) is 5.65. The molecule has 1 atom stereocenters. The first kappa shape index (κ1) is 23.1. The maximum Gasteiger partial charge on any atom is 0.268 e. The number of hydrogen-bond acceptors (Lipinski definition) is 7. The number of benzene rings is 1. The van der Waals surface area contributed by atoms with Crippen molar-refractivity contribution in [3.8, 4) is 0 Å². The first-order valence-corrected chi connectivity index (χ1v) is 11.9. The van der Waals surface area contributed by atoms with Gasteiger partial charge in [0, 0.05) is 37.2 Å². The zero-order chi connectivity index (χ0) is 23.6. The summed E-state index contributed by atoms with van der Waals surface area (Å²) < 4.78 is 60.9. The van der Waals surface area contributed by atoms with Crippen LogP contribution in [0.1, 0.15) is 23.6 Å². The lowest BCUT2D eigenvalue weighted by atomic mass is 9.96. The third kappa shape index (κ3) is 4.42. The molecule has 0 amide bonds. The van der Waals surface area contributed by atoms with Gasteiger partial charge in [-0.1, -0.05) is 6.08 Å². The largest absolute Gasteiger partial charge is 0.516 e. The minimum atomic E-state index is -4.34. The molecular formula is C22H24F2N4O4S. The molecule has 2 aromatic rings. The van der Waals surface area contributed by atoms with E-state index >= 15 is 0 Å². The van der Waals surface area contributed by atoms with Crippen molar-refractivity contribution in [2.45, 2.75) is 23.7 Å². The van der Waals surface area contributed by atoms with Gasteiger partial charge in [-0.3, -0.25) is 0 Å². The van der Waals surface area contributed by atoms with E-state index in [0.717, 1.165) is 22.7 Å². The average Bonchev–Trinajstić information content (AvgIpc) is 3.24. The molecule has 1 aromatic carbocycles. The molecule has 33 heavy (non-hydrogen) atoms. The zero-order valence-corrected chi connectivity index (χ0v) is 18.6. The van der Waals surface area contributed by atoms with Crippen LogP contribution in [0, 0.1) is 11.6 Å². The fraction of sp³-hybridized carbons (Fsp3) is 0.364. The van der Waals surface area contributed by atoms with E-state index in [1.807, 2.05) is 4.90 Å². The van der Waals surface area contributed by atoms with Crippen LogP contribution in [0.25, 0.3) is 0 Å². The first-order valence-electron chi connectivity index (χ1n) is 10.5. The topological polar surface area (TPSA) is 95.9 Å². The summed E-state index contributed by atoms with van der Waals surface area (Å²) in [7, 11) is -4.34. The van der Waals surface area contributed by atoms with Crippen molar-refractivity contribution in [2.24, 2.45) is 0 Å². The molecule has 0 radical (unpaired) electrons. The Balaban J connectivity index is 1.86. The molecule has 0 saturated carbocycles. The normalized spacial score (nSPS) is 17.4. The van der Waals surface area contributed by atoms with Crippen molar-refractivity contribution >= 4 is 21.8 Å². The van der Waals surface area contributed by atoms with Crippen molar-refractivity contribution < 1.29 is 27.0 Å². The number of ether oxygens (including phenoxy) is 1. The molecule has 176 valence electrons. The molecule has 1 saturated heterocycles. The van der Waals surface area contributed by atoms with E-state index in [4.69, 9.17) is 9.72 Å². The van der Waals surface area contributed by atoms with Crippen molar-refractivity contribution in [3.05, 3.63) is 66.1 Å². The Hall–Kier alpha value is -3.05. The van der Waals surface area contributed by atoms with Crippen LogP contribution in [-0.2, 0) is 21.2 Å². The monoisotopic (exact) mass is 478 g/mol. The highest BCUT2D eigenvalue weighted by molar-refractivity contribution is 7.92. The molecular weight excluding hydrogens is 454 g/mol. The lowest BCUT2D eigenvalue weighted by Crippen LogP contribution is -2.38. The van der Waals surface area contributed by atoms with E-state index in [1.54, 1.807) is 12.2 Å². The van der Waals surface area contributed by atoms with Gasteiger partial charge in [-0.05, 0) is 31.1 Å². The van der Waals surface area contributed by atoms with E-state index in [2.05, 4.69) is 11.6 Å². The van der Waals surface area contributed by atoms with Crippen LogP contribution >= 0.6 is 0 Å². The fourth-order valence-corrected chi connectivity index (χ4v) is 5.55. The Morgan fingerprint density at radius 3 is 2.64 bits per heavy atom. The molecule has 1 aromatic heterocycles. The number of hydrogen-bond donors (Lipinski definition) is 1. The molecule has 2 aliphatic rings. The molecule has 4 rings (SSSR count). The maximum atomic E-state index is 14.4. The van der Waals surface area contributed by atoms with Crippen LogP contribution < -0.4 is 9.21 Å². The standard InChI is InChI=1S/C22H24F2N4O4S/c1-2-3-15(7-11-29)20-17-6-8-28(33(30,31)19-5-4-16(23)14-18(19)24)21(17)26-22(25-20)27-9-12-32-13-10-27/h2,4-5,7,11,14-15,29H,1,3,6,8-10,12-13H2/b11-7+. The number of morpholine rings is 1. The third-order valence-corrected chi connectivity index (χ3v) is 7.48. The number of rotatable bonds is 7. The molecule has 8 nitrogen and oxygen atoms in total. The van der Waals surface area contributed by atoms with Crippen LogP contribution in [-0.4, -0.2) is 56.3 Å². The minimum absolute atomic E-state index is 0.0341. The summed E-state index contributed by atoms with van der Waals surface area (Å²) in [5.74, 6) is -1.90. The van der Waals surface area contributed by atoms with Gasteiger partial charge < -0.3 is 14.7 Å². The van der Waals surface area contributed by atoms with Gasteiger partial charge in [0.25, 0.3) is 10.0 Å². The van der Waals surface area contributed by atoms with E-state index in [0.29, 0.717) is 62.4 Å². The quantitative estimate of drug-likeness (QED) is 0.483. The summed E-state index contributed by atoms with van der Waals surface area (Å²) in [6.45, 7) is 5.80. The predicted octanol–water partition coefficient (Wildman–Crippen LogP) is 3.07. The van der Waals surface area contributed by atoms with Gasteiger partial charge in [0.1, 0.15) is 16.5 Å². The van der Waals surface area contributed by atoms with Gasteiger partial charge in [-0.15, -0.1) is 6.58 Å². The molecule has 0 spiro atoms. The van der Waals surface area contributed by atoms with E-state index in [-0.39, 0.29) is 18.3 Å². The Morgan fingerprint density at radius 1 is 1.21 bits per heavy atom.